The first kappa shape index (κ1) is 11.1. The van der Waals surface area contributed by atoms with Gasteiger partial charge in [0.05, 0.1) is 6.04 Å². The van der Waals surface area contributed by atoms with Crippen LogP contribution in [-0.2, 0) is 0 Å². The van der Waals surface area contributed by atoms with Crippen LogP contribution in [0.3, 0.4) is 0 Å². The van der Waals surface area contributed by atoms with Gasteiger partial charge < -0.3 is 5.32 Å². The van der Waals surface area contributed by atoms with Crippen molar-refractivity contribution >= 4 is 0 Å². The van der Waals surface area contributed by atoms with Gasteiger partial charge in [-0.05, 0) is 23.4 Å². The van der Waals surface area contributed by atoms with Crippen LogP contribution in [0.15, 0.2) is 72.9 Å². The normalized spacial score (nSPS) is 22.4. The third kappa shape index (κ3) is 2.29. The molecule has 2 N–H and O–H groups in total. The van der Waals surface area contributed by atoms with E-state index < -0.39 is 0 Å². The molecule has 2 aromatic rings. The van der Waals surface area contributed by atoms with Gasteiger partial charge >= 0.3 is 0 Å². The Hall–Kier alpha value is -2.06. The van der Waals surface area contributed by atoms with Crippen molar-refractivity contribution in [1.29, 1.82) is 0 Å². The summed E-state index contributed by atoms with van der Waals surface area (Å²) < 4.78 is 0. The van der Waals surface area contributed by atoms with Crippen LogP contribution in [0.5, 0.6) is 0 Å². The van der Waals surface area contributed by atoms with E-state index in [4.69, 9.17) is 0 Å². The molecule has 0 radical (unpaired) electrons. The number of nitrogens with one attached hydrogen (secondary N) is 2. The van der Waals surface area contributed by atoms with Crippen LogP contribution in [0.1, 0.15) is 23.3 Å². The van der Waals surface area contributed by atoms with E-state index in [1.54, 1.807) is 0 Å². The average Bonchev–Trinajstić information content (AvgIpc) is 2.49. The molecule has 90 valence electrons. The molecule has 0 bridgehead atoms. The fourth-order valence-corrected chi connectivity index (χ4v) is 2.24. The van der Waals surface area contributed by atoms with Crippen molar-refractivity contribution in [3.8, 4) is 0 Å². The van der Waals surface area contributed by atoms with Crippen molar-refractivity contribution in [1.82, 2.24) is 10.6 Å². The Labute approximate surface area is 107 Å². The van der Waals surface area contributed by atoms with Gasteiger partial charge in [-0.2, -0.15) is 0 Å². The lowest BCUT2D eigenvalue weighted by Gasteiger charge is -2.29. The maximum atomic E-state index is 3.59. The predicted octanol–water partition coefficient (Wildman–Crippen LogP) is 3.13. The molecular weight excluding hydrogens is 220 g/mol. The first-order valence-corrected chi connectivity index (χ1v) is 6.22. The van der Waals surface area contributed by atoms with E-state index in [2.05, 4.69) is 65.2 Å². The Morgan fingerprint density at radius 3 is 2.00 bits per heavy atom. The lowest BCUT2D eigenvalue weighted by molar-refractivity contribution is 0.433. The topological polar surface area (TPSA) is 24.1 Å². The summed E-state index contributed by atoms with van der Waals surface area (Å²) in [5.41, 5.74) is 2.54. The highest BCUT2D eigenvalue weighted by atomic mass is 15.1. The van der Waals surface area contributed by atoms with E-state index >= 15 is 0 Å². The van der Waals surface area contributed by atoms with Crippen LogP contribution in [0.4, 0.5) is 0 Å². The van der Waals surface area contributed by atoms with E-state index in [-0.39, 0.29) is 12.2 Å². The second kappa shape index (κ2) is 5.07. The van der Waals surface area contributed by atoms with Crippen molar-refractivity contribution in [2.75, 3.05) is 0 Å². The van der Waals surface area contributed by atoms with Crippen LogP contribution >= 0.6 is 0 Å². The van der Waals surface area contributed by atoms with Crippen LogP contribution < -0.4 is 10.6 Å². The first-order chi connectivity index (χ1) is 8.93. The van der Waals surface area contributed by atoms with E-state index in [0.29, 0.717) is 0 Å². The molecule has 18 heavy (non-hydrogen) atoms. The summed E-state index contributed by atoms with van der Waals surface area (Å²) in [6, 6.07) is 21.2. The first-order valence-electron chi connectivity index (χ1n) is 6.22. The molecule has 0 amide bonds. The van der Waals surface area contributed by atoms with Gasteiger partial charge in [0, 0.05) is 0 Å². The summed E-state index contributed by atoms with van der Waals surface area (Å²) in [6.07, 6.45) is 4.35. The maximum absolute atomic E-state index is 3.59. The molecular formula is C16H16N2. The molecule has 0 aliphatic carbocycles. The van der Waals surface area contributed by atoms with Crippen molar-refractivity contribution < 1.29 is 0 Å². The van der Waals surface area contributed by atoms with E-state index in [0.717, 1.165) is 0 Å². The standard InChI is InChI=1S/C16H16N2/c1-3-7-13(8-4-1)15-11-12-17-16(18-15)14-9-5-2-6-10-14/h1-12,15-18H. The minimum atomic E-state index is 0.168. The molecule has 1 aliphatic heterocycles. The molecule has 0 fully saturated rings. The zero-order chi connectivity index (χ0) is 12.2. The smallest absolute Gasteiger partial charge is 0.103 e. The molecule has 1 heterocycles. The van der Waals surface area contributed by atoms with Crippen molar-refractivity contribution in [3.63, 3.8) is 0 Å². The molecule has 0 saturated heterocycles. The molecule has 2 heteroatoms. The Morgan fingerprint density at radius 1 is 0.722 bits per heavy atom. The number of hydrogen-bond acceptors (Lipinski definition) is 2. The van der Waals surface area contributed by atoms with Gasteiger partial charge in [0.2, 0.25) is 0 Å². The number of benzene rings is 2. The third-order valence-electron chi connectivity index (χ3n) is 3.19. The summed E-state index contributed by atoms with van der Waals surface area (Å²) >= 11 is 0. The van der Waals surface area contributed by atoms with E-state index in [1.807, 2.05) is 18.3 Å². The molecule has 2 unspecified atom stereocenters. The van der Waals surface area contributed by atoms with Gasteiger partial charge in [0.15, 0.2) is 0 Å². The highest BCUT2D eigenvalue weighted by Gasteiger charge is 2.18. The van der Waals surface area contributed by atoms with Gasteiger partial charge in [-0.25, -0.2) is 0 Å². The molecule has 0 spiro atoms. The Kier molecular flexibility index (Phi) is 3.11. The summed E-state index contributed by atoms with van der Waals surface area (Å²) in [5, 5.41) is 6.93. The molecule has 3 rings (SSSR count). The van der Waals surface area contributed by atoms with E-state index in [1.165, 1.54) is 11.1 Å². The Balaban J connectivity index is 1.81. The fraction of sp³-hybridized carbons (Fsp3) is 0.125. The van der Waals surface area contributed by atoms with Crippen LogP contribution in [-0.4, -0.2) is 0 Å². The second-order valence-corrected chi connectivity index (χ2v) is 4.42. The molecule has 2 atom stereocenters. The summed E-state index contributed by atoms with van der Waals surface area (Å²) in [7, 11) is 0. The Bertz CT molecular complexity index is 519. The van der Waals surface area contributed by atoms with Crippen molar-refractivity contribution in [2.45, 2.75) is 12.2 Å². The molecule has 0 saturated carbocycles. The predicted molar refractivity (Wildman–Crippen MR) is 73.8 cm³/mol. The lowest BCUT2D eigenvalue weighted by Crippen LogP contribution is -2.37. The highest BCUT2D eigenvalue weighted by molar-refractivity contribution is 5.27. The van der Waals surface area contributed by atoms with Gasteiger partial charge in [-0.1, -0.05) is 60.7 Å². The highest BCUT2D eigenvalue weighted by Crippen LogP contribution is 2.22. The van der Waals surface area contributed by atoms with Crippen LogP contribution in [0.2, 0.25) is 0 Å². The van der Waals surface area contributed by atoms with Crippen LogP contribution in [0.25, 0.3) is 0 Å². The van der Waals surface area contributed by atoms with Gasteiger partial charge in [0.1, 0.15) is 6.17 Å². The average molecular weight is 236 g/mol. The fourth-order valence-electron chi connectivity index (χ4n) is 2.24. The van der Waals surface area contributed by atoms with E-state index in [9.17, 15) is 0 Å². The molecule has 0 aromatic heterocycles. The second-order valence-electron chi connectivity index (χ2n) is 4.42. The van der Waals surface area contributed by atoms with Gasteiger partial charge in [-0.3, -0.25) is 5.32 Å². The Morgan fingerprint density at radius 2 is 1.33 bits per heavy atom. The zero-order valence-corrected chi connectivity index (χ0v) is 10.1. The quantitative estimate of drug-likeness (QED) is 0.837. The minimum absolute atomic E-state index is 0.168. The molecule has 2 nitrogen and oxygen atoms in total. The SMILES string of the molecule is C1=CC(c2ccccc2)NC(c2ccccc2)N1. The number of rotatable bonds is 2. The molecule has 1 aliphatic rings. The maximum Gasteiger partial charge on any atom is 0.103 e. The van der Waals surface area contributed by atoms with Crippen molar-refractivity contribution in [2.24, 2.45) is 0 Å². The zero-order valence-electron chi connectivity index (χ0n) is 10.1. The summed E-state index contributed by atoms with van der Waals surface area (Å²) in [4.78, 5) is 0. The van der Waals surface area contributed by atoms with Crippen molar-refractivity contribution in [3.05, 3.63) is 84.1 Å². The number of hydrogen-bond donors (Lipinski definition) is 2. The summed E-state index contributed by atoms with van der Waals surface area (Å²) in [6.45, 7) is 0. The summed E-state index contributed by atoms with van der Waals surface area (Å²) in [5.74, 6) is 0. The van der Waals surface area contributed by atoms with Crippen LogP contribution in [0, 0.1) is 0 Å². The third-order valence-corrected chi connectivity index (χ3v) is 3.19. The largest absolute Gasteiger partial charge is 0.372 e. The van der Waals surface area contributed by atoms with Gasteiger partial charge in [0.25, 0.3) is 0 Å². The molecule has 2 aromatic carbocycles. The minimum Gasteiger partial charge on any atom is -0.372 e. The monoisotopic (exact) mass is 236 g/mol. The lowest BCUT2D eigenvalue weighted by atomic mass is 10.0. The van der Waals surface area contributed by atoms with Gasteiger partial charge in [-0.15, -0.1) is 0 Å².